The van der Waals surface area contributed by atoms with Crippen LogP contribution in [0.2, 0.25) is 0 Å². The Labute approximate surface area is 208 Å². The Morgan fingerprint density at radius 2 is 1.74 bits per heavy atom. The molecule has 2 aliphatic heterocycles. The van der Waals surface area contributed by atoms with Gasteiger partial charge in [0.25, 0.3) is 0 Å². The fourth-order valence-electron chi connectivity index (χ4n) is 5.28. The molecule has 4 aromatic rings. The van der Waals surface area contributed by atoms with Crippen LogP contribution >= 0.6 is 11.3 Å². The predicted molar refractivity (Wildman–Crippen MR) is 139 cm³/mol. The molecule has 0 N–H and O–H groups in total. The van der Waals surface area contributed by atoms with E-state index in [2.05, 4.69) is 36.9 Å². The zero-order valence-corrected chi connectivity index (χ0v) is 20.6. The Kier molecular flexibility index (Phi) is 5.85. The molecule has 0 unspecified atom stereocenters. The molecule has 5 heterocycles. The SMILES string of the molecule is COc1ccccc1N1CCN(C(=O)C2CCN(c3ncnc4c3sc3ncccc34)CC2)CC1. The standard InChI is InChI=1S/C26H28N6O2S/c1-34-21-7-3-2-6-20(21)30-13-15-32(16-14-30)26(33)18-8-11-31(12-9-18)24-23-22(28-17-29-24)19-5-4-10-27-25(19)35-23/h2-7,10,17-18H,8-9,11-16H2,1H3. The molecule has 6 rings (SSSR count). The maximum atomic E-state index is 13.3. The summed E-state index contributed by atoms with van der Waals surface area (Å²) in [5.74, 6) is 2.22. The van der Waals surface area contributed by atoms with E-state index in [0.717, 1.165) is 89.8 Å². The average Bonchev–Trinajstić information content (AvgIpc) is 3.32. The van der Waals surface area contributed by atoms with Gasteiger partial charge in [0.05, 0.1) is 23.0 Å². The quantitative estimate of drug-likeness (QED) is 0.432. The van der Waals surface area contributed by atoms with Crippen molar-refractivity contribution in [2.45, 2.75) is 12.8 Å². The second-order valence-corrected chi connectivity index (χ2v) is 10.1. The zero-order valence-electron chi connectivity index (χ0n) is 19.8. The lowest BCUT2D eigenvalue weighted by Gasteiger charge is -2.39. The first-order valence-electron chi connectivity index (χ1n) is 12.1. The van der Waals surface area contributed by atoms with E-state index in [4.69, 9.17) is 4.74 Å². The molecule has 1 aromatic carbocycles. The van der Waals surface area contributed by atoms with E-state index in [1.54, 1.807) is 24.8 Å². The lowest BCUT2D eigenvalue weighted by molar-refractivity contribution is -0.136. The Morgan fingerprint density at radius 3 is 2.54 bits per heavy atom. The molecule has 8 nitrogen and oxygen atoms in total. The summed E-state index contributed by atoms with van der Waals surface area (Å²) in [6.07, 6.45) is 5.16. The van der Waals surface area contributed by atoms with Crippen molar-refractivity contribution in [3.05, 3.63) is 48.9 Å². The lowest BCUT2D eigenvalue weighted by atomic mass is 9.95. The molecular formula is C26H28N6O2S. The number of hydrogen-bond donors (Lipinski definition) is 0. The highest BCUT2D eigenvalue weighted by Crippen LogP contribution is 2.37. The Morgan fingerprint density at radius 1 is 0.943 bits per heavy atom. The molecule has 0 atom stereocenters. The van der Waals surface area contributed by atoms with Crippen LogP contribution in [-0.4, -0.2) is 72.1 Å². The van der Waals surface area contributed by atoms with Gasteiger partial charge in [-0.2, -0.15) is 0 Å². The molecule has 180 valence electrons. The van der Waals surface area contributed by atoms with Gasteiger partial charge in [-0.25, -0.2) is 15.0 Å². The van der Waals surface area contributed by atoms with Crippen molar-refractivity contribution in [3.8, 4) is 5.75 Å². The third-order valence-electron chi connectivity index (χ3n) is 7.17. The first kappa shape index (κ1) is 22.0. The van der Waals surface area contributed by atoms with Crippen LogP contribution in [0.1, 0.15) is 12.8 Å². The van der Waals surface area contributed by atoms with E-state index < -0.39 is 0 Å². The summed E-state index contributed by atoms with van der Waals surface area (Å²) in [7, 11) is 1.70. The third kappa shape index (κ3) is 4.03. The summed E-state index contributed by atoms with van der Waals surface area (Å²) < 4.78 is 6.60. The number of amides is 1. The minimum atomic E-state index is 0.0745. The molecule has 3 aromatic heterocycles. The van der Waals surface area contributed by atoms with Crippen molar-refractivity contribution in [1.29, 1.82) is 0 Å². The summed E-state index contributed by atoms with van der Waals surface area (Å²) in [6, 6.07) is 12.1. The number of ether oxygens (including phenoxy) is 1. The number of hydrogen-bond acceptors (Lipinski definition) is 8. The van der Waals surface area contributed by atoms with E-state index in [1.807, 2.05) is 35.4 Å². The molecule has 2 fully saturated rings. The molecule has 2 aliphatic rings. The van der Waals surface area contributed by atoms with Gasteiger partial charge >= 0.3 is 0 Å². The van der Waals surface area contributed by atoms with E-state index in [0.29, 0.717) is 5.91 Å². The average molecular weight is 489 g/mol. The van der Waals surface area contributed by atoms with Crippen molar-refractivity contribution in [2.75, 3.05) is 56.2 Å². The van der Waals surface area contributed by atoms with Crippen LogP contribution < -0.4 is 14.5 Å². The van der Waals surface area contributed by atoms with Gasteiger partial charge in [-0.05, 0) is 37.1 Å². The predicted octanol–water partition coefficient (Wildman–Crippen LogP) is 3.81. The molecule has 9 heteroatoms. The van der Waals surface area contributed by atoms with Gasteiger partial charge in [0, 0.05) is 56.8 Å². The number of anilines is 2. The summed E-state index contributed by atoms with van der Waals surface area (Å²) in [6.45, 7) is 4.79. The molecular weight excluding hydrogens is 460 g/mol. The van der Waals surface area contributed by atoms with Crippen molar-refractivity contribution in [2.24, 2.45) is 5.92 Å². The first-order valence-corrected chi connectivity index (χ1v) is 12.9. The number of pyridine rings is 1. The number of rotatable bonds is 4. The normalized spacial score (nSPS) is 17.3. The Balaban J connectivity index is 1.10. The highest BCUT2D eigenvalue weighted by molar-refractivity contribution is 7.25. The molecule has 35 heavy (non-hydrogen) atoms. The summed E-state index contributed by atoms with van der Waals surface area (Å²) in [5, 5.41) is 1.08. The second kappa shape index (κ2) is 9.30. The fourth-order valence-corrected chi connectivity index (χ4v) is 6.39. The number of aromatic nitrogens is 3. The summed E-state index contributed by atoms with van der Waals surface area (Å²) in [4.78, 5) is 34.6. The van der Waals surface area contributed by atoms with Crippen molar-refractivity contribution < 1.29 is 9.53 Å². The lowest BCUT2D eigenvalue weighted by Crippen LogP contribution is -2.51. The largest absolute Gasteiger partial charge is 0.495 e. The number of fused-ring (bicyclic) bond motifs is 3. The number of carbonyl (C=O) groups is 1. The van der Waals surface area contributed by atoms with Gasteiger partial charge in [0.15, 0.2) is 0 Å². The number of nitrogens with zero attached hydrogens (tertiary/aromatic N) is 6. The van der Waals surface area contributed by atoms with Gasteiger partial charge in [0.2, 0.25) is 5.91 Å². The number of methoxy groups -OCH3 is 1. The van der Waals surface area contributed by atoms with E-state index >= 15 is 0 Å². The van der Waals surface area contributed by atoms with Gasteiger partial charge in [-0.1, -0.05) is 12.1 Å². The van der Waals surface area contributed by atoms with Crippen molar-refractivity contribution >= 4 is 49.2 Å². The van der Waals surface area contributed by atoms with Crippen LogP contribution in [0.25, 0.3) is 20.4 Å². The third-order valence-corrected chi connectivity index (χ3v) is 8.27. The van der Waals surface area contributed by atoms with Crippen molar-refractivity contribution in [3.63, 3.8) is 0 Å². The second-order valence-electron chi connectivity index (χ2n) is 9.08. The van der Waals surface area contributed by atoms with Crippen LogP contribution in [0.15, 0.2) is 48.9 Å². The smallest absolute Gasteiger partial charge is 0.225 e. The molecule has 0 bridgehead atoms. The van der Waals surface area contributed by atoms with Crippen LogP contribution in [0.3, 0.4) is 0 Å². The molecule has 1 amide bonds. The van der Waals surface area contributed by atoms with Gasteiger partial charge in [0.1, 0.15) is 22.7 Å². The summed E-state index contributed by atoms with van der Waals surface area (Å²) >= 11 is 1.65. The van der Waals surface area contributed by atoms with Crippen LogP contribution in [0, 0.1) is 5.92 Å². The van der Waals surface area contributed by atoms with Gasteiger partial charge in [-0.3, -0.25) is 4.79 Å². The van der Waals surface area contributed by atoms with Crippen molar-refractivity contribution in [1.82, 2.24) is 19.9 Å². The molecule has 0 saturated carbocycles. The van der Waals surface area contributed by atoms with Crippen LogP contribution in [0.4, 0.5) is 11.5 Å². The molecule has 0 radical (unpaired) electrons. The monoisotopic (exact) mass is 488 g/mol. The highest BCUT2D eigenvalue weighted by Gasteiger charge is 2.32. The maximum absolute atomic E-state index is 13.3. The summed E-state index contributed by atoms with van der Waals surface area (Å²) in [5.41, 5.74) is 2.07. The Bertz CT molecular complexity index is 1360. The minimum absolute atomic E-state index is 0.0745. The van der Waals surface area contributed by atoms with Gasteiger partial charge < -0.3 is 19.4 Å². The maximum Gasteiger partial charge on any atom is 0.225 e. The number of thiophene rings is 1. The number of para-hydroxylation sites is 2. The topological polar surface area (TPSA) is 74.7 Å². The zero-order chi connectivity index (χ0) is 23.8. The fraction of sp³-hybridized carbons (Fsp3) is 0.385. The number of piperidine rings is 1. The van der Waals surface area contributed by atoms with E-state index in [1.165, 1.54) is 0 Å². The number of benzene rings is 1. The van der Waals surface area contributed by atoms with E-state index in [9.17, 15) is 4.79 Å². The number of piperazine rings is 1. The number of carbonyl (C=O) groups excluding carboxylic acids is 1. The first-order chi connectivity index (χ1) is 17.2. The molecule has 0 aliphatic carbocycles. The Hall–Kier alpha value is -3.46. The van der Waals surface area contributed by atoms with Gasteiger partial charge in [-0.15, -0.1) is 11.3 Å². The molecule has 2 saturated heterocycles. The van der Waals surface area contributed by atoms with Crippen LogP contribution in [0.5, 0.6) is 5.75 Å². The minimum Gasteiger partial charge on any atom is -0.495 e. The van der Waals surface area contributed by atoms with Crippen LogP contribution in [-0.2, 0) is 4.79 Å². The highest BCUT2D eigenvalue weighted by atomic mass is 32.1. The van der Waals surface area contributed by atoms with E-state index in [-0.39, 0.29) is 5.92 Å². The molecule has 0 spiro atoms.